The maximum atomic E-state index is 13.9. The highest BCUT2D eigenvalue weighted by molar-refractivity contribution is 5.95. The van der Waals surface area contributed by atoms with Crippen molar-refractivity contribution in [3.8, 4) is 33.6 Å². The number of H-pyrrole nitrogens is 2. The van der Waals surface area contributed by atoms with Crippen molar-refractivity contribution in [1.82, 2.24) is 40.4 Å². The number of alkyl carbamates (subject to hydrolysis) is 2. The summed E-state index contributed by atoms with van der Waals surface area (Å²) in [5.74, 6) is 1.41. The first kappa shape index (κ1) is 44.8. The Morgan fingerprint density at radius 3 is 1.63 bits per heavy atom. The minimum Gasteiger partial charge on any atom is -0.453 e. The van der Waals surface area contributed by atoms with E-state index in [0.717, 1.165) is 72.7 Å². The molecule has 4 N–H and O–H groups in total. The fourth-order valence-electron chi connectivity index (χ4n) is 12.7. The SMILES string of the molecule is COC(=O)N[C@H](C(=O)N1CCC[C@@H]1c1ncc(-c2ccc(-c3ccc(-c4cnc([C@@H]5CCCN5C(=O)[C@H](NC(=O)OC)C(C)C)[nH]4)c4c3CC3(CCCC3)C4)c3c2CC2C(=O)CC32)[nH]1)C(C)C. The fraction of sp³-hybridized carbons (Fsp3) is 0.558. The van der Waals surface area contributed by atoms with E-state index in [0.29, 0.717) is 31.7 Å². The van der Waals surface area contributed by atoms with Crippen molar-refractivity contribution in [3.63, 3.8) is 0 Å². The van der Waals surface area contributed by atoms with Gasteiger partial charge in [0.1, 0.15) is 29.5 Å². The van der Waals surface area contributed by atoms with Crippen LogP contribution in [-0.2, 0) is 43.1 Å². The molecule has 4 aromatic rings. The van der Waals surface area contributed by atoms with Crippen LogP contribution in [0.2, 0.25) is 0 Å². The van der Waals surface area contributed by atoms with Crippen molar-refractivity contribution in [2.75, 3.05) is 27.3 Å². The molecular formula is C52H64N8O7. The van der Waals surface area contributed by atoms with Gasteiger partial charge >= 0.3 is 12.2 Å². The third-order valence-corrected chi connectivity index (χ3v) is 16.2. The summed E-state index contributed by atoms with van der Waals surface area (Å²) < 4.78 is 9.68. The van der Waals surface area contributed by atoms with Gasteiger partial charge in [-0.2, -0.15) is 0 Å². The van der Waals surface area contributed by atoms with Crippen molar-refractivity contribution in [3.05, 3.63) is 70.6 Å². The number of carbonyl (C=O) groups excluding carboxylic acids is 5. The van der Waals surface area contributed by atoms with Gasteiger partial charge in [-0.3, -0.25) is 14.4 Å². The van der Waals surface area contributed by atoms with Gasteiger partial charge in [0.05, 0.1) is 50.1 Å². The highest BCUT2D eigenvalue weighted by atomic mass is 16.5. The van der Waals surface area contributed by atoms with Gasteiger partial charge in [-0.15, -0.1) is 0 Å². The van der Waals surface area contributed by atoms with E-state index in [1.54, 1.807) is 0 Å². The topological polar surface area (TPSA) is 192 Å². The molecule has 354 valence electrons. The van der Waals surface area contributed by atoms with Gasteiger partial charge in [0.25, 0.3) is 0 Å². The molecule has 0 radical (unpaired) electrons. The lowest BCUT2D eigenvalue weighted by Crippen LogP contribution is -2.51. The van der Waals surface area contributed by atoms with E-state index in [9.17, 15) is 24.0 Å². The Bertz CT molecular complexity index is 2620. The third-order valence-electron chi connectivity index (χ3n) is 16.2. The van der Waals surface area contributed by atoms with Crippen molar-refractivity contribution in [2.45, 2.75) is 135 Å². The molecule has 15 heteroatoms. The van der Waals surface area contributed by atoms with Crippen LogP contribution < -0.4 is 10.6 Å². The maximum absolute atomic E-state index is 13.9. The van der Waals surface area contributed by atoms with E-state index in [1.807, 2.05) is 49.9 Å². The van der Waals surface area contributed by atoms with Crippen LogP contribution in [0.5, 0.6) is 0 Å². The van der Waals surface area contributed by atoms with E-state index in [2.05, 4.69) is 44.9 Å². The zero-order chi connectivity index (χ0) is 46.9. The summed E-state index contributed by atoms with van der Waals surface area (Å²) in [6.07, 6.45) is 13.9. The van der Waals surface area contributed by atoms with Gasteiger partial charge in [0.2, 0.25) is 11.8 Å². The predicted octanol–water partition coefficient (Wildman–Crippen LogP) is 8.11. The van der Waals surface area contributed by atoms with Crippen molar-refractivity contribution in [2.24, 2.45) is 23.2 Å². The van der Waals surface area contributed by atoms with Gasteiger partial charge in [0.15, 0.2) is 0 Å². The summed E-state index contributed by atoms with van der Waals surface area (Å²) in [5.41, 5.74) is 11.9. The Labute approximate surface area is 391 Å². The molecule has 1 spiro atoms. The molecule has 2 aromatic carbocycles. The van der Waals surface area contributed by atoms with Crippen LogP contribution in [0.15, 0.2) is 36.7 Å². The summed E-state index contributed by atoms with van der Waals surface area (Å²) in [6, 6.07) is 7.11. The van der Waals surface area contributed by atoms with Crippen molar-refractivity contribution < 1.29 is 33.4 Å². The summed E-state index contributed by atoms with van der Waals surface area (Å²) >= 11 is 0. The lowest BCUT2D eigenvalue weighted by atomic mass is 9.71. The van der Waals surface area contributed by atoms with Crippen LogP contribution in [0, 0.1) is 23.2 Å². The van der Waals surface area contributed by atoms with E-state index in [-0.39, 0.29) is 53.0 Å². The Hall–Kier alpha value is -5.99. The van der Waals surface area contributed by atoms with Gasteiger partial charge in [-0.05, 0) is 108 Å². The van der Waals surface area contributed by atoms with Crippen LogP contribution in [0.4, 0.5) is 9.59 Å². The second-order valence-electron chi connectivity index (χ2n) is 20.8. The smallest absolute Gasteiger partial charge is 0.407 e. The molecule has 67 heavy (non-hydrogen) atoms. The summed E-state index contributed by atoms with van der Waals surface area (Å²) in [4.78, 5) is 86.3. The number of hydrogen-bond donors (Lipinski definition) is 4. The van der Waals surface area contributed by atoms with Crippen LogP contribution in [0.3, 0.4) is 0 Å². The van der Waals surface area contributed by atoms with Crippen LogP contribution in [-0.4, -0.2) is 98.9 Å². The molecule has 6 atom stereocenters. The Balaban J connectivity index is 0.977. The number of aromatic amines is 2. The quantitative estimate of drug-likeness (QED) is 0.115. The van der Waals surface area contributed by atoms with E-state index in [4.69, 9.17) is 19.4 Å². The Kier molecular flexibility index (Phi) is 11.8. The maximum Gasteiger partial charge on any atom is 0.407 e. The van der Waals surface area contributed by atoms with Gasteiger partial charge < -0.3 is 39.9 Å². The number of imidazole rings is 2. The number of methoxy groups -OCH3 is 2. The summed E-state index contributed by atoms with van der Waals surface area (Å²) in [5, 5.41) is 5.49. The highest BCUT2D eigenvalue weighted by Gasteiger charge is 2.49. The number of hydrogen-bond acceptors (Lipinski definition) is 9. The number of carbonyl (C=O) groups is 5. The molecule has 2 unspecified atom stereocenters. The monoisotopic (exact) mass is 912 g/mol. The van der Waals surface area contributed by atoms with Crippen LogP contribution >= 0.6 is 0 Å². The number of Topliss-reactive ketones (excluding diaryl/α,β-unsaturated/α-hetero) is 1. The number of amides is 4. The number of nitrogens with zero attached hydrogens (tertiary/aromatic N) is 4. The molecule has 4 fully saturated rings. The first-order valence-electron chi connectivity index (χ1n) is 24.5. The minimum atomic E-state index is -0.718. The number of ketones is 1. The largest absolute Gasteiger partial charge is 0.453 e. The molecule has 4 heterocycles. The molecule has 2 saturated carbocycles. The molecule has 4 amide bonds. The van der Waals surface area contributed by atoms with Crippen molar-refractivity contribution in [1.29, 1.82) is 0 Å². The lowest BCUT2D eigenvalue weighted by Gasteiger charge is -2.30. The number of rotatable bonds is 11. The fourth-order valence-corrected chi connectivity index (χ4v) is 12.7. The Morgan fingerprint density at radius 1 is 0.657 bits per heavy atom. The number of aromatic nitrogens is 4. The summed E-state index contributed by atoms with van der Waals surface area (Å²) in [7, 11) is 2.60. The number of nitrogens with one attached hydrogen (secondary N) is 4. The zero-order valence-electron chi connectivity index (χ0n) is 39.6. The number of likely N-dealkylation sites (tertiary alicyclic amines) is 2. The van der Waals surface area contributed by atoms with Gasteiger partial charge in [-0.25, -0.2) is 19.6 Å². The van der Waals surface area contributed by atoms with E-state index < -0.39 is 24.3 Å². The van der Waals surface area contributed by atoms with E-state index >= 15 is 0 Å². The molecule has 0 bridgehead atoms. The van der Waals surface area contributed by atoms with Crippen LogP contribution in [0.1, 0.15) is 137 Å². The predicted molar refractivity (Wildman–Crippen MR) is 251 cm³/mol. The van der Waals surface area contributed by atoms with Gasteiger partial charge in [-0.1, -0.05) is 64.8 Å². The number of fused-ring (bicyclic) bond motifs is 4. The average Bonchev–Trinajstić information content (AvgIpc) is 4.18. The molecule has 2 saturated heterocycles. The second-order valence-corrected chi connectivity index (χ2v) is 20.8. The molecule has 10 rings (SSSR count). The van der Waals surface area contributed by atoms with E-state index in [1.165, 1.54) is 73.3 Å². The molecular weight excluding hydrogens is 849 g/mol. The first-order chi connectivity index (χ1) is 32.3. The Morgan fingerprint density at radius 2 is 1.13 bits per heavy atom. The van der Waals surface area contributed by atoms with Gasteiger partial charge in [0, 0.05) is 42.5 Å². The average molecular weight is 913 g/mol. The zero-order valence-corrected chi connectivity index (χ0v) is 39.6. The van der Waals surface area contributed by atoms with Crippen LogP contribution in [0.25, 0.3) is 33.6 Å². The molecule has 4 aliphatic carbocycles. The van der Waals surface area contributed by atoms with Crippen molar-refractivity contribution >= 4 is 29.8 Å². The number of ether oxygens (including phenoxy) is 2. The molecule has 2 aromatic heterocycles. The first-order valence-corrected chi connectivity index (χ1v) is 24.5. The number of benzene rings is 2. The molecule has 6 aliphatic rings. The summed E-state index contributed by atoms with van der Waals surface area (Å²) in [6.45, 7) is 8.83. The molecule has 2 aliphatic heterocycles. The highest BCUT2D eigenvalue weighted by Crippen LogP contribution is 2.57. The standard InChI is InChI=1S/C52H64N8O7/c1-27(2)44(57-50(64)66-5)48(62)59-19-9-11-40(59)46-53-25-38(55-46)30-15-16-32(43-34(30)21-33-35(43)22-42(33)61)29-13-14-31(37-24-52(23-36(29)37)17-7-8-18-52)39-26-54-47(56-39)41-12-10-20-60(41)49(63)45(28(3)4)58-51(65)67-6/h13-16,25-28,33,35,40-41,44-45H,7-12,17-24H2,1-6H3,(H,53,55)(H,54,56)(H,57,64)(H,58,65)/t33?,35?,40-,41+,44+,45-/m1/s1. The lowest BCUT2D eigenvalue weighted by molar-refractivity contribution is -0.136. The minimum absolute atomic E-state index is 0.0264. The molecule has 15 nitrogen and oxygen atoms in total. The third kappa shape index (κ3) is 7.79. The normalized spacial score (nSPS) is 23.3. The second kappa shape index (κ2) is 17.6.